The van der Waals surface area contributed by atoms with Crippen LogP contribution < -0.4 is 5.32 Å². The molecule has 9 heteroatoms. The van der Waals surface area contributed by atoms with E-state index in [4.69, 9.17) is 5.11 Å². The Labute approximate surface area is 125 Å². The lowest BCUT2D eigenvalue weighted by atomic mass is 10.2. The van der Waals surface area contributed by atoms with Gasteiger partial charge in [0.25, 0.3) is 0 Å². The molecule has 1 aliphatic rings. The lowest BCUT2D eigenvalue weighted by Gasteiger charge is -2.35. The fourth-order valence-electron chi connectivity index (χ4n) is 2.04. The van der Waals surface area contributed by atoms with Crippen molar-refractivity contribution in [1.82, 2.24) is 15.1 Å². The first-order valence-electron chi connectivity index (χ1n) is 6.75. The molecule has 0 aliphatic carbocycles. The summed E-state index contributed by atoms with van der Waals surface area (Å²) in [5.74, 6) is -1.54. The number of likely N-dealkylation sites (N-methyl/N-ethyl adjacent to an activating group) is 1. The Bertz CT molecular complexity index is 491. The molecule has 0 aromatic carbocycles. The number of carbonyl (C=O) groups excluding carboxylic acids is 1. The molecule has 0 spiro atoms. The van der Waals surface area contributed by atoms with Gasteiger partial charge in [0.05, 0.1) is 24.0 Å². The Hall–Kier alpha value is -1.35. The summed E-state index contributed by atoms with van der Waals surface area (Å²) in [6.45, 7) is 2.38. The smallest absolute Gasteiger partial charge is 0.317 e. The minimum atomic E-state index is -3.28. The van der Waals surface area contributed by atoms with E-state index in [1.807, 2.05) is 25.9 Å². The van der Waals surface area contributed by atoms with Gasteiger partial charge >= 0.3 is 12.0 Å². The molecule has 1 heterocycles. The standard InChI is InChI=1S/C12H23N3O5S/c1-9(14(2)3)7-13-12(18)15-4-5-21(19,20)8-10(15)6-11(16)17/h9-10H,4-8H2,1-3H3,(H,13,18)(H,16,17). The Kier molecular flexibility index (Phi) is 5.97. The summed E-state index contributed by atoms with van der Waals surface area (Å²) in [6.07, 6.45) is -0.365. The molecule has 2 N–H and O–H groups in total. The Morgan fingerprint density at radius 3 is 2.57 bits per heavy atom. The van der Waals surface area contributed by atoms with Crippen LogP contribution in [0.25, 0.3) is 0 Å². The van der Waals surface area contributed by atoms with Gasteiger partial charge in [-0.15, -0.1) is 0 Å². The van der Waals surface area contributed by atoms with Crippen LogP contribution in [0.15, 0.2) is 0 Å². The molecule has 8 nitrogen and oxygen atoms in total. The van der Waals surface area contributed by atoms with Crippen molar-refractivity contribution in [2.75, 3.05) is 38.7 Å². The molecule has 122 valence electrons. The van der Waals surface area contributed by atoms with E-state index in [9.17, 15) is 18.0 Å². The van der Waals surface area contributed by atoms with Crippen molar-refractivity contribution >= 4 is 21.8 Å². The number of hydrogen-bond acceptors (Lipinski definition) is 5. The molecule has 0 aromatic rings. The number of urea groups is 1. The zero-order valence-corrected chi connectivity index (χ0v) is 13.4. The predicted molar refractivity (Wildman–Crippen MR) is 77.9 cm³/mol. The molecule has 1 aliphatic heterocycles. The molecule has 1 fully saturated rings. The fourth-order valence-corrected chi connectivity index (χ4v) is 3.57. The van der Waals surface area contributed by atoms with Crippen LogP contribution in [0.4, 0.5) is 4.79 Å². The number of amides is 2. The van der Waals surface area contributed by atoms with E-state index in [1.165, 1.54) is 4.90 Å². The van der Waals surface area contributed by atoms with Gasteiger partial charge in [0.15, 0.2) is 9.84 Å². The number of hydrogen-bond donors (Lipinski definition) is 2. The highest BCUT2D eigenvalue weighted by Crippen LogP contribution is 2.15. The summed E-state index contributed by atoms with van der Waals surface area (Å²) < 4.78 is 23.2. The zero-order chi connectivity index (χ0) is 16.2. The number of sulfone groups is 1. The molecular weight excluding hydrogens is 298 g/mol. The molecule has 2 unspecified atom stereocenters. The van der Waals surface area contributed by atoms with Crippen LogP contribution in [0.1, 0.15) is 13.3 Å². The first-order chi connectivity index (χ1) is 9.62. The molecule has 0 radical (unpaired) electrons. The summed E-state index contributed by atoms with van der Waals surface area (Å²) >= 11 is 0. The van der Waals surface area contributed by atoms with Crippen LogP contribution in [-0.4, -0.2) is 86.1 Å². The summed E-state index contributed by atoms with van der Waals surface area (Å²) in [7, 11) is 0.491. The largest absolute Gasteiger partial charge is 0.481 e. The number of rotatable bonds is 5. The van der Waals surface area contributed by atoms with E-state index in [0.717, 1.165) is 0 Å². The number of nitrogens with one attached hydrogen (secondary N) is 1. The number of carboxylic acids is 1. The highest BCUT2D eigenvalue weighted by atomic mass is 32.2. The number of nitrogens with zero attached hydrogens (tertiary/aromatic N) is 2. The van der Waals surface area contributed by atoms with Crippen LogP contribution >= 0.6 is 0 Å². The van der Waals surface area contributed by atoms with Crippen LogP contribution in [0, 0.1) is 0 Å². The zero-order valence-electron chi connectivity index (χ0n) is 12.6. The molecule has 2 amide bonds. The van der Waals surface area contributed by atoms with Crippen LogP contribution in [0.2, 0.25) is 0 Å². The van der Waals surface area contributed by atoms with Gasteiger partial charge < -0.3 is 20.2 Å². The third-order valence-corrected chi connectivity index (χ3v) is 5.33. The maximum Gasteiger partial charge on any atom is 0.317 e. The van der Waals surface area contributed by atoms with Gasteiger partial charge in [0, 0.05) is 19.1 Å². The average molecular weight is 321 g/mol. The summed E-state index contributed by atoms with van der Waals surface area (Å²) in [5.41, 5.74) is 0. The maximum absolute atomic E-state index is 12.1. The van der Waals surface area contributed by atoms with Crippen molar-refractivity contribution in [3.63, 3.8) is 0 Å². The van der Waals surface area contributed by atoms with Crippen LogP contribution in [0.5, 0.6) is 0 Å². The van der Waals surface area contributed by atoms with Gasteiger partial charge in [0.1, 0.15) is 0 Å². The molecule has 0 aromatic heterocycles. The predicted octanol–water partition coefficient (Wildman–Crippen LogP) is -0.780. The molecule has 0 saturated carbocycles. The first kappa shape index (κ1) is 17.7. The van der Waals surface area contributed by atoms with E-state index >= 15 is 0 Å². The minimum Gasteiger partial charge on any atom is -0.481 e. The van der Waals surface area contributed by atoms with Crippen molar-refractivity contribution in [1.29, 1.82) is 0 Å². The van der Waals surface area contributed by atoms with Gasteiger partial charge in [-0.3, -0.25) is 4.79 Å². The van der Waals surface area contributed by atoms with Crippen LogP contribution in [-0.2, 0) is 14.6 Å². The van der Waals surface area contributed by atoms with E-state index in [1.54, 1.807) is 0 Å². The molecule has 2 atom stereocenters. The number of carbonyl (C=O) groups is 2. The van der Waals surface area contributed by atoms with Gasteiger partial charge in [-0.25, -0.2) is 13.2 Å². The van der Waals surface area contributed by atoms with Crippen molar-refractivity contribution in [3.8, 4) is 0 Å². The third kappa shape index (κ3) is 5.50. The summed E-state index contributed by atoms with van der Waals surface area (Å²) in [4.78, 5) is 26.2. The van der Waals surface area contributed by atoms with Crippen LogP contribution in [0.3, 0.4) is 0 Å². The first-order valence-corrected chi connectivity index (χ1v) is 8.57. The lowest BCUT2D eigenvalue weighted by molar-refractivity contribution is -0.138. The fraction of sp³-hybridized carbons (Fsp3) is 0.833. The second kappa shape index (κ2) is 7.08. The molecule has 1 saturated heterocycles. The third-order valence-electron chi connectivity index (χ3n) is 3.63. The molecule has 0 bridgehead atoms. The maximum atomic E-state index is 12.1. The van der Waals surface area contributed by atoms with E-state index in [-0.39, 0.29) is 30.5 Å². The lowest BCUT2D eigenvalue weighted by Crippen LogP contribution is -2.56. The minimum absolute atomic E-state index is 0.0302. The highest BCUT2D eigenvalue weighted by Gasteiger charge is 2.35. The van der Waals surface area contributed by atoms with Gasteiger partial charge in [-0.05, 0) is 21.0 Å². The highest BCUT2D eigenvalue weighted by molar-refractivity contribution is 7.91. The van der Waals surface area contributed by atoms with Crippen molar-refractivity contribution in [2.45, 2.75) is 25.4 Å². The molecular formula is C12H23N3O5S. The Morgan fingerprint density at radius 2 is 2.05 bits per heavy atom. The average Bonchev–Trinajstić information content (AvgIpc) is 2.33. The van der Waals surface area contributed by atoms with Gasteiger partial charge in [-0.1, -0.05) is 0 Å². The van der Waals surface area contributed by atoms with Crippen molar-refractivity contribution < 1.29 is 23.1 Å². The van der Waals surface area contributed by atoms with Gasteiger partial charge in [-0.2, -0.15) is 0 Å². The number of aliphatic carboxylic acids is 1. The molecule has 1 rings (SSSR count). The topological polar surface area (TPSA) is 107 Å². The van der Waals surface area contributed by atoms with Crippen molar-refractivity contribution in [3.05, 3.63) is 0 Å². The Morgan fingerprint density at radius 1 is 1.43 bits per heavy atom. The number of carboxylic acid groups (broad SMARTS) is 1. The normalized spacial score (nSPS) is 22.9. The quantitative estimate of drug-likeness (QED) is 0.688. The second-order valence-electron chi connectivity index (χ2n) is 5.56. The second-order valence-corrected chi connectivity index (χ2v) is 7.79. The van der Waals surface area contributed by atoms with Crippen molar-refractivity contribution in [2.24, 2.45) is 0 Å². The SMILES string of the molecule is CC(CNC(=O)N1CCS(=O)(=O)CC1CC(=O)O)N(C)C. The van der Waals surface area contributed by atoms with E-state index in [2.05, 4.69) is 5.32 Å². The summed E-state index contributed by atoms with van der Waals surface area (Å²) in [5, 5.41) is 11.6. The van der Waals surface area contributed by atoms with E-state index in [0.29, 0.717) is 6.54 Å². The van der Waals surface area contributed by atoms with Gasteiger partial charge in [0.2, 0.25) is 0 Å². The monoisotopic (exact) mass is 321 g/mol. The Balaban J connectivity index is 2.69. The van der Waals surface area contributed by atoms with E-state index < -0.39 is 27.9 Å². The molecule has 21 heavy (non-hydrogen) atoms. The summed E-state index contributed by atoms with van der Waals surface area (Å²) in [6, 6.07) is -1.10.